The van der Waals surface area contributed by atoms with Crippen molar-refractivity contribution in [1.29, 1.82) is 0 Å². The number of halogens is 1. The number of ether oxygens (including phenoxy) is 1. The van der Waals surface area contributed by atoms with E-state index in [1.165, 1.54) is 4.31 Å². The maximum atomic E-state index is 11.8. The van der Waals surface area contributed by atoms with Crippen LogP contribution in [0.5, 0.6) is 5.75 Å². The minimum atomic E-state index is -3.12. The average Bonchev–Trinajstić information content (AvgIpc) is 3.18. The minimum Gasteiger partial charge on any atom is -0.495 e. The van der Waals surface area contributed by atoms with Crippen LogP contribution < -0.4 is 20.3 Å². The van der Waals surface area contributed by atoms with Crippen LogP contribution in [0.2, 0.25) is 0 Å². The van der Waals surface area contributed by atoms with Crippen molar-refractivity contribution in [3.63, 3.8) is 0 Å². The van der Waals surface area contributed by atoms with Gasteiger partial charge in [-0.15, -0.1) is 24.0 Å². The molecule has 166 valence electrons. The lowest BCUT2D eigenvalue weighted by Crippen LogP contribution is -2.45. The average molecular weight is 539 g/mol. The molecule has 0 bridgehead atoms. The van der Waals surface area contributed by atoms with Gasteiger partial charge >= 0.3 is 0 Å². The smallest absolute Gasteiger partial charge is 0.213 e. The van der Waals surface area contributed by atoms with Gasteiger partial charge in [-0.25, -0.2) is 12.7 Å². The third-order valence-corrected chi connectivity index (χ3v) is 6.82. The predicted molar refractivity (Wildman–Crippen MR) is 130 cm³/mol. The summed E-state index contributed by atoms with van der Waals surface area (Å²) in [4.78, 5) is 6.60. The summed E-state index contributed by atoms with van der Waals surface area (Å²) < 4.78 is 30.4. The Labute approximate surface area is 192 Å². The summed E-state index contributed by atoms with van der Waals surface area (Å²) in [5.41, 5.74) is 1.11. The van der Waals surface area contributed by atoms with E-state index in [2.05, 4.69) is 26.6 Å². The van der Waals surface area contributed by atoms with Crippen LogP contribution in [0.3, 0.4) is 0 Å². The van der Waals surface area contributed by atoms with Gasteiger partial charge in [0.25, 0.3) is 0 Å². The first-order valence-electron chi connectivity index (χ1n) is 9.70. The fraction of sp³-hybridized carbons (Fsp3) is 0.632. The lowest BCUT2D eigenvalue weighted by Gasteiger charge is -2.22. The molecule has 2 rings (SSSR count). The first kappa shape index (κ1) is 25.8. The zero-order valence-corrected chi connectivity index (χ0v) is 20.9. The monoisotopic (exact) mass is 539 g/mol. The molecule has 1 atom stereocenters. The molecule has 0 amide bonds. The summed E-state index contributed by atoms with van der Waals surface area (Å²) in [6.45, 7) is 4.64. The van der Waals surface area contributed by atoms with Gasteiger partial charge in [0.2, 0.25) is 10.0 Å². The Morgan fingerprint density at radius 3 is 2.76 bits per heavy atom. The summed E-state index contributed by atoms with van der Waals surface area (Å²) in [5, 5.41) is 6.73. The number of hydrogen-bond acceptors (Lipinski definition) is 5. The maximum absolute atomic E-state index is 11.8. The van der Waals surface area contributed by atoms with Crippen molar-refractivity contribution < 1.29 is 13.2 Å². The number of sulfonamides is 1. The number of aliphatic imine (C=N–C) groups is 1. The second-order valence-corrected chi connectivity index (χ2v) is 9.19. The van der Waals surface area contributed by atoms with Gasteiger partial charge in [-0.1, -0.05) is 12.1 Å². The summed E-state index contributed by atoms with van der Waals surface area (Å²) in [5.74, 6) is 1.76. The van der Waals surface area contributed by atoms with Gasteiger partial charge in [0.05, 0.1) is 18.6 Å². The molecule has 2 N–H and O–H groups in total. The van der Waals surface area contributed by atoms with Crippen molar-refractivity contribution in [3.8, 4) is 5.75 Å². The molecule has 0 spiro atoms. The van der Waals surface area contributed by atoms with E-state index in [1.54, 1.807) is 28.1 Å². The Bertz CT molecular complexity index is 760. The van der Waals surface area contributed by atoms with Crippen molar-refractivity contribution in [2.24, 2.45) is 4.99 Å². The number of anilines is 1. The highest BCUT2D eigenvalue weighted by molar-refractivity contribution is 14.0. The van der Waals surface area contributed by atoms with E-state index in [9.17, 15) is 8.42 Å². The Kier molecular flexibility index (Phi) is 11.0. The van der Waals surface area contributed by atoms with Crippen molar-refractivity contribution in [1.82, 2.24) is 14.9 Å². The SMILES string of the molecule is CCS(=O)(=O)N(C)CCCNC(=NC)NC1CCN(c2ccccc2OC)C1.I. The number of rotatable bonds is 9. The highest BCUT2D eigenvalue weighted by Gasteiger charge is 2.25. The molecule has 1 fully saturated rings. The highest BCUT2D eigenvalue weighted by atomic mass is 127. The molecule has 1 aromatic rings. The van der Waals surface area contributed by atoms with Gasteiger partial charge in [-0.3, -0.25) is 4.99 Å². The molecule has 8 nitrogen and oxygen atoms in total. The van der Waals surface area contributed by atoms with Crippen LogP contribution in [0.25, 0.3) is 0 Å². The zero-order chi connectivity index (χ0) is 20.6. The number of nitrogens with zero attached hydrogens (tertiary/aromatic N) is 3. The molecular formula is C19H34IN5O3S. The van der Waals surface area contributed by atoms with Gasteiger partial charge in [-0.2, -0.15) is 0 Å². The molecule has 1 unspecified atom stereocenters. The van der Waals surface area contributed by atoms with Crippen LogP contribution in [0, 0.1) is 0 Å². The molecule has 29 heavy (non-hydrogen) atoms. The fourth-order valence-electron chi connectivity index (χ4n) is 3.24. The van der Waals surface area contributed by atoms with Gasteiger partial charge < -0.3 is 20.3 Å². The summed E-state index contributed by atoms with van der Waals surface area (Å²) in [7, 11) is 1.94. The number of hydrogen-bond donors (Lipinski definition) is 2. The van der Waals surface area contributed by atoms with Crippen molar-refractivity contribution >= 4 is 45.6 Å². The molecule has 1 heterocycles. The quantitative estimate of drug-likeness (QED) is 0.215. The molecule has 10 heteroatoms. The second kappa shape index (κ2) is 12.4. The highest BCUT2D eigenvalue weighted by Crippen LogP contribution is 2.30. The van der Waals surface area contributed by atoms with Gasteiger partial charge in [0.15, 0.2) is 5.96 Å². The first-order valence-corrected chi connectivity index (χ1v) is 11.3. The lowest BCUT2D eigenvalue weighted by atomic mass is 10.2. The number of para-hydroxylation sites is 2. The molecule has 0 aliphatic carbocycles. The van der Waals surface area contributed by atoms with Crippen molar-refractivity contribution in [2.45, 2.75) is 25.8 Å². The van der Waals surface area contributed by atoms with Crippen LogP contribution in [0.4, 0.5) is 5.69 Å². The second-order valence-electron chi connectivity index (χ2n) is 6.82. The van der Waals surface area contributed by atoms with E-state index in [0.717, 1.165) is 36.9 Å². The Balaban J connectivity index is 0.00000420. The van der Waals surface area contributed by atoms with Crippen molar-refractivity contribution in [3.05, 3.63) is 24.3 Å². The number of guanidine groups is 1. The predicted octanol–water partition coefficient (Wildman–Crippen LogP) is 1.73. The standard InChI is InChI=1S/C19H33N5O3S.HI/c1-5-28(25,26)23(3)13-8-12-21-19(20-2)22-16-11-14-24(15-16)17-9-6-7-10-18(17)27-4;/h6-7,9-10,16H,5,8,11-15H2,1-4H3,(H2,20,21,22);1H. The molecule has 0 saturated carbocycles. The van der Waals surface area contributed by atoms with Crippen LogP contribution in [-0.4, -0.2) is 77.9 Å². The normalized spacial score (nSPS) is 17.2. The number of methoxy groups -OCH3 is 1. The summed E-state index contributed by atoms with van der Waals surface area (Å²) in [6, 6.07) is 8.35. The van der Waals surface area contributed by atoms with E-state index >= 15 is 0 Å². The minimum absolute atomic E-state index is 0. The van der Waals surface area contributed by atoms with E-state index in [-0.39, 0.29) is 29.7 Å². The molecule has 1 saturated heterocycles. The third kappa shape index (κ3) is 7.49. The fourth-order valence-corrected chi connectivity index (χ4v) is 4.09. The Morgan fingerprint density at radius 2 is 2.10 bits per heavy atom. The topological polar surface area (TPSA) is 86.3 Å². The molecule has 1 aliphatic heterocycles. The van der Waals surface area contributed by atoms with Crippen molar-refractivity contribution in [2.75, 3.05) is 58.0 Å². The maximum Gasteiger partial charge on any atom is 0.213 e. The lowest BCUT2D eigenvalue weighted by molar-refractivity contribution is 0.415. The van der Waals surface area contributed by atoms with Crippen LogP contribution >= 0.6 is 24.0 Å². The van der Waals surface area contributed by atoms with Gasteiger partial charge in [0, 0.05) is 46.3 Å². The third-order valence-electron chi connectivity index (χ3n) is 4.96. The van der Waals surface area contributed by atoms with E-state index in [0.29, 0.717) is 25.6 Å². The number of benzene rings is 1. The molecular weight excluding hydrogens is 505 g/mol. The van der Waals surface area contributed by atoms with E-state index < -0.39 is 10.0 Å². The molecule has 0 radical (unpaired) electrons. The zero-order valence-electron chi connectivity index (χ0n) is 17.7. The first-order chi connectivity index (χ1) is 13.4. The molecule has 1 aromatic carbocycles. The van der Waals surface area contributed by atoms with E-state index in [4.69, 9.17) is 4.74 Å². The molecule has 0 aromatic heterocycles. The van der Waals surface area contributed by atoms with Gasteiger partial charge in [0.1, 0.15) is 5.75 Å². The largest absolute Gasteiger partial charge is 0.495 e. The molecule has 1 aliphatic rings. The van der Waals surface area contributed by atoms with Crippen LogP contribution in [0.15, 0.2) is 29.3 Å². The van der Waals surface area contributed by atoms with Crippen LogP contribution in [0.1, 0.15) is 19.8 Å². The van der Waals surface area contributed by atoms with E-state index in [1.807, 2.05) is 18.2 Å². The number of nitrogens with one attached hydrogen (secondary N) is 2. The van der Waals surface area contributed by atoms with Gasteiger partial charge in [-0.05, 0) is 31.9 Å². The summed E-state index contributed by atoms with van der Waals surface area (Å²) >= 11 is 0. The van der Waals surface area contributed by atoms with Crippen LogP contribution in [-0.2, 0) is 10.0 Å². The Hall–Kier alpha value is -1.27. The Morgan fingerprint density at radius 1 is 1.38 bits per heavy atom. The summed E-state index contributed by atoms with van der Waals surface area (Å²) in [6.07, 6.45) is 1.73.